The lowest BCUT2D eigenvalue weighted by atomic mass is 9.92. The van der Waals surface area contributed by atoms with Gasteiger partial charge in [0.05, 0.1) is 13.2 Å². The highest BCUT2D eigenvalue weighted by Gasteiger charge is 2.17. The van der Waals surface area contributed by atoms with Crippen LogP contribution >= 0.6 is 0 Å². The number of piperidine rings is 1. The van der Waals surface area contributed by atoms with Crippen LogP contribution in [0.2, 0.25) is 0 Å². The van der Waals surface area contributed by atoms with Crippen molar-refractivity contribution >= 4 is 0 Å². The molecule has 19 heavy (non-hydrogen) atoms. The third-order valence-corrected chi connectivity index (χ3v) is 4.04. The second kappa shape index (κ2) is 6.40. The molecule has 0 saturated carbocycles. The molecule has 2 heterocycles. The Kier molecular flexibility index (Phi) is 4.36. The summed E-state index contributed by atoms with van der Waals surface area (Å²) in [6, 6.07) is 8.62. The first-order valence-corrected chi connectivity index (χ1v) is 7.44. The SMILES string of the molecule is c1cc(OC2CCOC2)ccc1CC1CCCNC1. The van der Waals surface area contributed by atoms with E-state index < -0.39 is 0 Å². The Morgan fingerprint density at radius 3 is 2.79 bits per heavy atom. The Hall–Kier alpha value is -1.06. The summed E-state index contributed by atoms with van der Waals surface area (Å²) in [5, 5.41) is 3.48. The largest absolute Gasteiger partial charge is 0.488 e. The molecule has 104 valence electrons. The van der Waals surface area contributed by atoms with Gasteiger partial charge >= 0.3 is 0 Å². The number of rotatable bonds is 4. The van der Waals surface area contributed by atoms with Crippen LogP contribution in [-0.4, -0.2) is 32.4 Å². The van der Waals surface area contributed by atoms with Gasteiger partial charge in [-0.25, -0.2) is 0 Å². The van der Waals surface area contributed by atoms with Crippen molar-refractivity contribution in [2.45, 2.75) is 31.8 Å². The first kappa shape index (κ1) is 12.9. The highest BCUT2D eigenvalue weighted by Crippen LogP contribution is 2.21. The fourth-order valence-corrected chi connectivity index (χ4v) is 2.93. The molecule has 3 rings (SSSR count). The fraction of sp³-hybridized carbons (Fsp3) is 0.625. The maximum atomic E-state index is 5.88. The van der Waals surface area contributed by atoms with Crippen LogP contribution in [0.5, 0.6) is 5.75 Å². The molecule has 0 amide bonds. The molecule has 2 saturated heterocycles. The molecule has 3 heteroatoms. The van der Waals surface area contributed by atoms with Crippen LogP contribution in [0, 0.1) is 5.92 Å². The van der Waals surface area contributed by atoms with Crippen molar-refractivity contribution in [1.29, 1.82) is 0 Å². The molecule has 1 aromatic rings. The molecule has 0 spiro atoms. The summed E-state index contributed by atoms with van der Waals surface area (Å²) < 4.78 is 11.2. The van der Waals surface area contributed by atoms with E-state index in [1.807, 2.05) is 0 Å². The molecular weight excluding hydrogens is 238 g/mol. The molecule has 2 aliphatic heterocycles. The third kappa shape index (κ3) is 3.71. The Morgan fingerprint density at radius 2 is 2.11 bits per heavy atom. The summed E-state index contributed by atoms with van der Waals surface area (Å²) in [5.41, 5.74) is 1.42. The lowest BCUT2D eigenvalue weighted by molar-refractivity contribution is 0.141. The number of hydrogen-bond acceptors (Lipinski definition) is 3. The van der Waals surface area contributed by atoms with E-state index in [4.69, 9.17) is 9.47 Å². The average Bonchev–Trinajstić information content (AvgIpc) is 2.95. The minimum atomic E-state index is 0.244. The zero-order valence-electron chi connectivity index (χ0n) is 11.4. The molecule has 0 aliphatic carbocycles. The lowest BCUT2D eigenvalue weighted by Crippen LogP contribution is -2.30. The maximum Gasteiger partial charge on any atom is 0.124 e. The molecule has 3 nitrogen and oxygen atoms in total. The summed E-state index contributed by atoms with van der Waals surface area (Å²) in [5.74, 6) is 1.77. The number of hydrogen-bond donors (Lipinski definition) is 1. The van der Waals surface area contributed by atoms with Crippen molar-refractivity contribution in [3.8, 4) is 5.75 Å². The zero-order chi connectivity index (χ0) is 12.9. The Bertz CT molecular complexity index is 378. The van der Waals surface area contributed by atoms with Crippen LogP contribution in [0.25, 0.3) is 0 Å². The van der Waals surface area contributed by atoms with E-state index in [1.54, 1.807) is 0 Å². The summed E-state index contributed by atoms with van der Waals surface area (Å²) in [7, 11) is 0. The summed E-state index contributed by atoms with van der Waals surface area (Å²) in [6.07, 6.45) is 5.10. The van der Waals surface area contributed by atoms with Crippen LogP contribution in [0.4, 0.5) is 0 Å². The molecular formula is C16H23NO2. The standard InChI is InChI=1S/C16H23NO2/c1-2-14(11-17-8-1)10-13-3-5-15(6-4-13)19-16-7-9-18-12-16/h3-6,14,16-17H,1-2,7-12H2. The minimum absolute atomic E-state index is 0.244. The summed E-state index contributed by atoms with van der Waals surface area (Å²) >= 11 is 0. The topological polar surface area (TPSA) is 30.5 Å². The van der Waals surface area contributed by atoms with Gasteiger partial charge in [0.15, 0.2) is 0 Å². The number of nitrogens with one attached hydrogen (secondary N) is 1. The summed E-state index contributed by atoms with van der Waals surface area (Å²) in [6.45, 7) is 3.91. The quantitative estimate of drug-likeness (QED) is 0.903. The predicted octanol–water partition coefficient (Wildman–Crippen LogP) is 2.40. The van der Waals surface area contributed by atoms with Gasteiger partial charge < -0.3 is 14.8 Å². The van der Waals surface area contributed by atoms with Gasteiger partial charge in [-0.1, -0.05) is 12.1 Å². The van der Waals surface area contributed by atoms with Gasteiger partial charge in [-0.3, -0.25) is 0 Å². The van der Waals surface area contributed by atoms with Gasteiger partial charge in [0, 0.05) is 6.42 Å². The van der Waals surface area contributed by atoms with Crippen LogP contribution in [0.15, 0.2) is 24.3 Å². The molecule has 2 unspecified atom stereocenters. The van der Waals surface area contributed by atoms with Crippen LogP contribution in [0.3, 0.4) is 0 Å². The fourth-order valence-electron chi connectivity index (χ4n) is 2.93. The van der Waals surface area contributed by atoms with Gasteiger partial charge in [0.25, 0.3) is 0 Å². The maximum absolute atomic E-state index is 5.88. The molecule has 2 aliphatic rings. The first-order valence-electron chi connectivity index (χ1n) is 7.44. The number of benzene rings is 1. The van der Waals surface area contributed by atoms with Gasteiger partial charge in [0.2, 0.25) is 0 Å². The summed E-state index contributed by atoms with van der Waals surface area (Å²) in [4.78, 5) is 0. The molecule has 1 N–H and O–H groups in total. The average molecular weight is 261 g/mol. The molecule has 0 radical (unpaired) electrons. The molecule has 2 atom stereocenters. The van der Waals surface area contributed by atoms with E-state index in [9.17, 15) is 0 Å². The first-order chi connectivity index (χ1) is 9.40. The minimum Gasteiger partial charge on any atom is -0.488 e. The smallest absolute Gasteiger partial charge is 0.124 e. The van der Waals surface area contributed by atoms with E-state index in [-0.39, 0.29) is 6.10 Å². The van der Waals surface area contributed by atoms with E-state index >= 15 is 0 Å². The third-order valence-electron chi connectivity index (χ3n) is 4.04. The van der Waals surface area contributed by atoms with Crippen molar-refractivity contribution in [2.75, 3.05) is 26.3 Å². The normalized spacial score (nSPS) is 27.4. The van der Waals surface area contributed by atoms with Gasteiger partial charge in [-0.2, -0.15) is 0 Å². The monoisotopic (exact) mass is 261 g/mol. The number of ether oxygens (including phenoxy) is 2. The van der Waals surface area contributed by atoms with E-state index in [1.165, 1.54) is 31.4 Å². The van der Waals surface area contributed by atoms with Crippen molar-refractivity contribution in [3.63, 3.8) is 0 Å². The zero-order valence-corrected chi connectivity index (χ0v) is 11.4. The van der Waals surface area contributed by atoms with Gasteiger partial charge in [0.1, 0.15) is 11.9 Å². The molecule has 1 aromatic carbocycles. The Labute approximate surface area is 115 Å². The van der Waals surface area contributed by atoms with E-state index in [0.717, 1.165) is 37.8 Å². The van der Waals surface area contributed by atoms with Crippen molar-refractivity contribution < 1.29 is 9.47 Å². The van der Waals surface area contributed by atoms with Crippen molar-refractivity contribution in [1.82, 2.24) is 5.32 Å². The van der Waals surface area contributed by atoms with E-state index in [2.05, 4.69) is 29.6 Å². The van der Waals surface area contributed by atoms with Crippen LogP contribution in [0.1, 0.15) is 24.8 Å². The highest BCUT2D eigenvalue weighted by molar-refractivity contribution is 5.28. The molecule has 0 aromatic heterocycles. The molecule has 0 bridgehead atoms. The molecule has 2 fully saturated rings. The van der Waals surface area contributed by atoms with Crippen LogP contribution in [-0.2, 0) is 11.2 Å². The van der Waals surface area contributed by atoms with Gasteiger partial charge in [-0.05, 0) is 56.0 Å². The lowest BCUT2D eigenvalue weighted by Gasteiger charge is -2.22. The second-order valence-corrected chi connectivity index (χ2v) is 5.66. The van der Waals surface area contributed by atoms with Crippen molar-refractivity contribution in [2.24, 2.45) is 5.92 Å². The Morgan fingerprint density at radius 1 is 1.21 bits per heavy atom. The predicted molar refractivity (Wildman–Crippen MR) is 75.6 cm³/mol. The van der Waals surface area contributed by atoms with Crippen LogP contribution < -0.4 is 10.1 Å². The van der Waals surface area contributed by atoms with Gasteiger partial charge in [-0.15, -0.1) is 0 Å². The highest BCUT2D eigenvalue weighted by atomic mass is 16.5. The van der Waals surface area contributed by atoms with E-state index in [0.29, 0.717) is 0 Å². The van der Waals surface area contributed by atoms with Crippen molar-refractivity contribution in [3.05, 3.63) is 29.8 Å². The second-order valence-electron chi connectivity index (χ2n) is 5.66. The Balaban J connectivity index is 1.52.